The molecule has 4 aliphatic rings. The molecule has 1 aromatic carbocycles. The summed E-state index contributed by atoms with van der Waals surface area (Å²) < 4.78 is 4.45. The number of cyclic esters (lactones) is 1. The Balaban J connectivity index is 1.66. The molecule has 0 aromatic heterocycles. The summed E-state index contributed by atoms with van der Waals surface area (Å²) in [7, 11) is 0. The van der Waals surface area contributed by atoms with Crippen molar-refractivity contribution in [3.05, 3.63) is 53.6 Å². The highest BCUT2D eigenvalue weighted by molar-refractivity contribution is 8.02. The van der Waals surface area contributed by atoms with Crippen molar-refractivity contribution >= 4 is 46.8 Å². The lowest BCUT2D eigenvalue weighted by atomic mass is 9.78. The van der Waals surface area contributed by atoms with E-state index in [-0.39, 0.29) is 36.2 Å². The van der Waals surface area contributed by atoms with Gasteiger partial charge in [0.25, 0.3) is 5.91 Å². The molecule has 1 aromatic rings. The first-order valence-corrected chi connectivity index (χ1v) is 12.7. The molecule has 180 valence electrons. The van der Waals surface area contributed by atoms with Gasteiger partial charge in [0.15, 0.2) is 0 Å². The minimum Gasteiger partial charge on any atom is -0.461 e. The van der Waals surface area contributed by atoms with Crippen molar-refractivity contribution in [2.75, 3.05) is 24.7 Å². The number of carbonyl (C=O) groups is 3. The Hall–Kier alpha value is -2.29. The van der Waals surface area contributed by atoms with Crippen LogP contribution in [-0.2, 0) is 19.1 Å². The van der Waals surface area contributed by atoms with Gasteiger partial charge in [0.2, 0.25) is 5.91 Å². The average molecular weight is 503 g/mol. The van der Waals surface area contributed by atoms with Gasteiger partial charge in [-0.05, 0) is 30.2 Å². The maximum absolute atomic E-state index is 14.2. The molecule has 6 atom stereocenters. The third kappa shape index (κ3) is 3.41. The largest absolute Gasteiger partial charge is 0.461 e. The molecule has 34 heavy (non-hydrogen) atoms. The van der Waals surface area contributed by atoms with Crippen LogP contribution in [0.5, 0.6) is 0 Å². The first-order chi connectivity index (χ1) is 16.3. The molecule has 7 nitrogen and oxygen atoms in total. The Labute approximate surface area is 207 Å². The number of aliphatic hydroxyl groups is 1. The van der Waals surface area contributed by atoms with E-state index in [1.807, 2.05) is 32.1 Å². The Kier molecular flexibility index (Phi) is 6.02. The van der Waals surface area contributed by atoms with Gasteiger partial charge in [0.05, 0.1) is 29.2 Å². The van der Waals surface area contributed by atoms with Crippen molar-refractivity contribution in [1.29, 1.82) is 0 Å². The van der Waals surface area contributed by atoms with E-state index < -0.39 is 34.6 Å². The second-order valence-electron chi connectivity index (χ2n) is 9.47. The molecule has 4 heterocycles. The van der Waals surface area contributed by atoms with Gasteiger partial charge in [-0.3, -0.25) is 14.4 Å². The fraction of sp³-hybridized carbons (Fsp3) is 0.480. The number of fused-ring (bicyclic) bond motifs is 2. The summed E-state index contributed by atoms with van der Waals surface area (Å²) in [6.45, 7) is 4.07. The molecule has 2 fully saturated rings. The van der Waals surface area contributed by atoms with Gasteiger partial charge >= 0.3 is 5.97 Å². The van der Waals surface area contributed by atoms with E-state index in [2.05, 4.69) is 0 Å². The standard InChI is InChI=1S/C25H27ClN2O5S/c1-14(2)17(13-29)28-21-23(31)27(16-8-6-15(26)7-9-16)11-4-10-25(21)20(22(28)30)19-18(34-25)5-3-12-33-24(19)32/h3-10,14,17-21,29H,11-13H2,1-2H3/t17-,18-,19+,20-,21?,25-/m0/s1. The number of rotatable bonds is 4. The van der Waals surface area contributed by atoms with Crippen molar-refractivity contribution in [3.8, 4) is 0 Å². The van der Waals surface area contributed by atoms with Crippen LogP contribution in [0.25, 0.3) is 0 Å². The summed E-state index contributed by atoms with van der Waals surface area (Å²) in [6.07, 6.45) is 7.58. The monoisotopic (exact) mass is 502 g/mol. The molecule has 0 saturated carbocycles. The van der Waals surface area contributed by atoms with E-state index in [9.17, 15) is 19.5 Å². The summed E-state index contributed by atoms with van der Waals surface area (Å²) in [6, 6.07) is 5.59. The van der Waals surface area contributed by atoms with Gasteiger partial charge in [0.1, 0.15) is 12.6 Å². The molecule has 1 spiro atoms. The van der Waals surface area contributed by atoms with Crippen molar-refractivity contribution in [2.45, 2.75) is 35.9 Å². The number of ether oxygens (including phenoxy) is 1. The number of anilines is 1. The fourth-order valence-electron chi connectivity index (χ4n) is 5.74. The smallest absolute Gasteiger partial charge is 0.311 e. The van der Waals surface area contributed by atoms with Crippen LogP contribution < -0.4 is 4.90 Å². The number of hydrogen-bond acceptors (Lipinski definition) is 6. The average Bonchev–Trinajstić information content (AvgIpc) is 3.10. The number of halogens is 1. The molecule has 1 unspecified atom stereocenters. The van der Waals surface area contributed by atoms with Crippen LogP contribution in [0.2, 0.25) is 5.02 Å². The SMILES string of the molecule is CC(C)[C@H](CO)N1C(=O)[C@@H]2[C@@H]3C(=O)OCC=C[C@@H]3S[C@@]23C=CCN(c2ccc(Cl)cc2)C(=O)C13. The maximum atomic E-state index is 14.2. The number of hydrogen-bond donors (Lipinski definition) is 1. The second-order valence-corrected chi connectivity index (χ2v) is 11.4. The first-order valence-electron chi connectivity index (χ1n) is 11.5. The van der Waals surface area contributed by atoms with Crippen molar-refractivity contribution < 1.29 is 24.2 Å². The van der Waals surface area contributed by atoms with Crippen LogP contribution in [0.15, 0.2) is 48.6 Å². The highest BCUT2D eigenvalue weighted by Gasteiger charge is 2.72. The van der Waals surface area contributed by atoms with Gasteiger partial charge in [-0.15, -0.1) is 11.8 Å². The lowest BCUT2D eigenvalue weighted by molar-refractivity contribution is -0.152. The Morgan fingerprint density at radius 2 is 1.91 bits per heavy atom. The van der Waals surface area contributed by atoms with Gasteiger partial charge in [-0.25, -0.2) is 0 Å². The van der Waals surface area contributed by atoms with Crippen LogP contribution in [0.4, 0.5) is 5.69 Å². The molecule has 0 aliphatic carbocycles. The fourth-order valence-corrected chi connectivity index (χ4v) is 7.85. The van der Waals surface area contributed by atoms with Crippen LogP contribution >= 0.6 is 23.4 Å². The number of benzene rings is 1. The van der Waals surface area contributed by atoms with E-state index >= 15 is 0 Å². The summed E-state index contributed by atoms with van der Waals surface area (Å²) in [5.41, 5.74) is 0.675. The van der Waals surface area contributed by atoms with Gasteiger partial charge in [0, 0.05) is 22.5 Å². The van der Waals surface area contributed by atoms with E-state index in [0.717, 1.165) is 0 Å². The second kappa shape index (κ2) is 8.73. The molecule has 5 rings (SSSR count). The van der Waals surface area contributed by atoms with Crippen LogP contribution in [-0.4, -0.2) is 69.6 Å². The lowest BCUT2D eigenvalue weighted by Gasteiger charge is -2.39. The number of carbonyl (C=O) groups excluding carboxylic acids is 3. The Morgan fingerprint density at radius 1 is 1.18 bits per heavy atom. The topological polar surface area (TPSA) is 87.2 Å². The quantitative estimate of drug-likeness (QED) is 0.503. The molecular formula is C25H27ClN2O5S. The minimum absolute atomic E-state index is 0.0874. The molecule has 0 bridgehead atoms. The van der Waals surface area contributed by atoms with Crippen molar-refractivity contribution in [1.82, 2.24) is 4.90 Å². The van der Waals surface area contributed by atoms with Crippen LogP contribution in [0.1, 0.15) is 13.8 Å². The zero-order valence-corrected chi connectivity index (χ0v) is 20.5. The predicted octanol–water partition coefficient (Wildman–Crippen LogP) is 2.67. The number of aliphatic hydroxyl groups excluding tert-OH is 1. The van der Waals surface area contributed by atoms with Crippen LogP contribution in [0.3, 0.4) is 0 Å². The third-order valence-corrected chi connectivity index (χ3v) is 9.30. The number of likely N-dealkylation sites (tertiary alicyclic amines) is 1. The van der Waals surface area contributed by atoms with Gasteiger partial charge < -0.3 is 19.6 Å². The summed E-state index contributed by atoms with van der Waals surface area (Å²) >= 11 is 7.55. The van der Waals surface area contributed by atoms with E-state index in [1.54, 1.807) is 40.1 Å². The highest BCUT2D eigenvalue weighted by atomic mass is 35.5. The molecule has 0 radical (unpaired) electrons. The van der Waals surface area contributed by atoms with Gasteiger partial charge in [-0.1, -0.05) is 49.8 Å². The predicted molar refractivity (Wildman–Crippen MR) is 130 cm³/mol. The summed E-state index contributed by atoms with van der Waals surface area (Å²) in [5.74, 6) is -2.45. The normalized spacial score (nSPS) is 33.4. The molecule has 9 heteroatoms. The molecule has 1 N–H and O–H groups in total. The Morgan fingerprint density at radius 3 is 2.59 bits per heavy atom. The number of esters is 1. The first kappa shape index (κ1) is 23.5. The van der Waals surface area contributed by atoms with Crippen molar-refractivity contribution in [3.63, 3.8) is 0 Å². The number of thioether (sulfide) groups is 1. The van der Waals surface area contributed by atoms with E-state index in [1.165, 1.54) is 11.8 Å². The van der Waals surface area contributed by atoms with Crippen LogP contribution in [0, 0.1) is 17.8 Å². The molecule has 2 amide bonds. The molecular weight excluding hydrogens is 476 g/mol. The minimum atomic E-state index is -0.937. The molecule has 4 aliphatic heterocycles. The third-order valence-electron chi connectivity index (χ3n) is 7.30. The maximum Gasteiger partial charge on any atom is 0.311 e. The highest BCUT2D eigenvalue weighted by Crippen LogP contribution is 2.61. The Bertz CT molecular complexity index is 1070. The van der Waals surface area contributed by atoms with E-state index in [4.69, 9.17) is 16.3 Å². The van der Waals surface area contributed by atoms with E-state index in [0.29, 0.717) is 17.3 Å². The van der Waals surface area contributed by atoms with Gasteiger partial charge in [-0.2, -0.15) is 0 Å². The summed E-state index contributed by atoms with van der Waals surface area (Å²) in [4.78, 5) is 44.5. The zero-order chi connectivity index (χ0) is 24.2. The lowest BCUT2D eigenvalue weighted by Crippen LogP contribution is -2.57. The van der Waals surface area contributed by atoms with Crippen molar-refractivity contribution in [2.24, 2.45) is 17.8 Å². The zero-order valence-electron chi connectivity index (χ0n) is 19.0. The molecule has 2 saturated heterocycles. The summed E-state index contributed by atoms with van der Waals surface area (Å²) in [5, 5.41) is 10.6. The number of amides is 2. The number of nitrogens with zero attached hydrogens (tertiary/aromatic N) is 2.